The summed E-state index contributed by atoms with van der Waals surface area (Å²) in [5.41, 5.74) is 4.66. The van der Waals surface area contributed by atoms with Crippen LogP contribution in [0.15, 0.2) is 35.1 Å². The van der Waals surface area contributed by atoms with E-state index >= 15 is 0 Å². The van der Waals surface area contributed by atoms with Crippen LogP contribution in [0.5, 0.6) is 0 Å². The summed E-state index contributed by atoms with van der Waals surface area (Å²) >= 11 is 0. The predicted octanol–water partition coefficient (Wildman–Crippen LogP) is 5.23. The number of nitrogens with zero attached hydrogens (tertiary/aromatic N) is 1. The fraction of sp³-hybridized carbons (Fsp3) is 0.500. The smallest absolute Gasteiger partial charge is 0.329 e. The molecule has 0 aliphatic rings. The second kappa shape index (κ2) is 8.76. The topological polar surface area (TPSA) is 48.3 Å². The molecule has 0 N–H and O–H groups in total. The molecular weight excluding hydrogens is 350 g/mol. The van der Waals surface area contributed by atoms with E-state index in [0.717, 1.165) is 34.4 Å². The molecule has 1 heterocycles. The van der Waals surface area contributed by atoms with Gasteiger partial charge in [0.25, 0.3) is 5.56 Å². The minimum Gasteiger partial charge on any atom is -0.464 e. The minimum atomic E-state index is -0.659. The number of esters is 1. The van der Waals surface area contributed by atoms with Crippen LogP contribution in [0, 0.1) is 19.3 Å². The highest BCUT2D eigenvalue weighted by Crippen LogP contribution is 2.33. The lowest BCUT2D eigenvalue weighted by molar-refractivity contribution is -0.148. The van der Waals surface area contributed by atoms with Crippen LogP contribution < -0.4 is 5.56 Å². The number of pyridine rings is 1. The van der Waals surface area contributed by atoms with Gasteiger partial charge in [-0.1, -0.05) is 57.5 Å². The molecule has 1 aromatic heterocycles. The molecule has 1 aromatic carbocycles. The van der Waals surface area contributed by atoms with E-state index < -0.39 is 6.04 Å². The highest BCUT2D eigenvalue weighted by Gasteiger charge is 2.31. The van der Waals surface area contributed by atoms with Crippen molar-refractivity contribution in [1.29, 1.82) is 0 Å². The monoisotopic (exact) mass is 383 g/mol. The molecule has 2 rings (SSSR count). The first-order valence-corrected chi connectivity index (χ1v) is 10.1. The Morgan fingerprint density at radius 1 is 1.11 bits per heavy atom. The molecule has 0 radical (unpaired) electrons. The number of rotatable bonds is 6. The van der Waals surface area contributed by atoms with Gasteiger partial charge in [0.15, 0.2) is 0 Å². The number of hydrogen-bond acceptors (Lipinski definition) is 3. The summed E-state index contributed by atoms with van der Waals surface area (Å²) in [5.74, 6) is -0.350. The van der Waals surface area contributed by atoms with Gasteiger partial charge in [-0.2, -0.15) is 0 Å². The lowest BCUT2D eigenvalue weighted by atomic mass is 9.87. The van der Waals surface area contributed by atoms with E-state index in [-0.39, 0.29) is 16.9 Å². The third kappa shape index (κ3) is 4.92. The van der Waals surface area contributed by atoms with Gasteiger partial charge < -0.3 is 4.74 Å². The molecule has 4 nitrogen and oxygen atoms in total. The van der Waals surface area contributed by atoms with Gasteiger partial charge in [-0.25, -0.2) is 4.79 Å². The molecule has 1 atom stereocenters. The van der Waals surface area contributed by atoms with Crippen molar-refractivity contribution in [3.8, 4) is 11.3 Å². The fourth-order valence-electron chi connectivity index (χ4n) is 3.61. The number of carbonyl (C=O) groups excluding carboxylic acids is 1. The van der Waals surface area contributed by atoms with Gasteiger partial charge in [0.1, 0.15) is 6.04 Å². The van der Waals surface area contributed by atoms with Crippen LogP contribution in [0.3, 0.4) is 0 Å². The number of benzene rings is 1. The van der Waals surface area contributed by atoms with Gasteiger partial charge >= 0.3 is 5.97 Å². The van der Waals surface area contributed by atoms with E-state index in [4.69, 9.17) is 4.74 Å². The van der Waals surface area contributed by atoms with Crippen LogP contribution in [0.2, 0.25) is 0 Å². The van der Waals surface area contributed by atoms with Gasteiger partial charge in [0.2, 0.25) is 0 Å². The number of aryl methyl sites for hydroxylation is 2. The quantitative estimate of drug-likeness (QED) is 0.641. The standard InChI is InChI=1S/C24H33NO3/c1-8-18-14-21(26)25(20(15-24(5,6)7)23(27)28-9-2)22(17(18)4)19-12-10-16(3)11-13-19/h10-14,20H,8-9,15H2,1-7H3. The first-order valence-electron chi connectivity index (χ1n) is 10.1. The van der Waals surface area contributed by atoms with Crippen molar-refractivity contribution in [2.45, 2.75) is 67.3 Å². The minimum absolute atomic E-state index is 0.140. The third-order valence-electron chi connectivity index (χ3n) is 4.99. The zero-order chi connectivity index (χ0) is 21.1. The average Bonchev–Trinajstić information content (AvgIpc) is 2.61. The Labute approximate surface area is 168 Å². The highest BCUT2D eigenvalue weighted by molar-refractivity contribution is 5.76. The summed E-state index contributed by atoms with van der Waals surface area (Å²) in [6, 6.07) is 9.12. The van der Waals surface area contributed by atoms with E-state index in [0.29, 0.717) is 13.0 Å². The summed E-state index contributed by atoms with van der Waals surface area (Å²) in [6.45, 7) is 14.4. The molecule has 0 saturated carbocycles. The van der Waals surface area contributed by atoms with Gasteiger partial charge in [0, 0.05) is 6.07 Å². The fourth-order valence-corrected chi connectivity index (χ4v) is 3.61. The molecule has 28 heavy (non-hydrogen) atoms. The van der Waals surface area contributed by atoms with Crippen LogP contribution in [0.25, 0.3) is 11.3 Å². The van der Waals surface area contributed by atoms with Crippen molar-refractivity contribution in [3.63, 3.8) is 0 Å². The van der Waals surface area contributed by atoms with Crippen molar-refractivity contribution in [2.75, 3.05) is 6.61 Å². The molecule has 0 fully saturated rings. The van der Waals surface area contributed by atoms with Crippen LogP contribution >= 0.6 is 0 Å². The normalized spacial score (nSPS) is 12.7. The van der Waals surface area contributed by atoms with Gasteiger partial charge in [0.05, 0.1) is 12.3 Å². The Kier molecular flexibility index (Phi) is 6.87. The molecule has 0 amide bonds. The average molecular weight is 384 g/mol. The van der Waals surface area contributed by atoms with Crippen molar-refractivity contribution in [3.05, 3.63) is 57.4 Å². The van der Waals surface area contributed by atoms with E-state index in [1.54, 1.807) is 17.6 Å². The van der Waals surface area contributed by atoms with Crippen LogP contribution in [0.1, 0.15) is 63.8 Å². The maximum Gasteiger partial charge on any atom is 0.329 e. The number of carbonyl (C=O) groups is 1. The van der Waals surface area contributed by atoms with Crippen LogP contribution in [-0.4, -0.2) is 17.1 Å². The zero-order valence-electron chi connectivity index (χ0n) is 18.3. The number of aromatic nitrogens is 1. The second-order valence-electron chi connectivity index (χ2n) is 8.60. The zero-order valence-corrected chi connectivity index (χ0v) is 18.3. The summed E-state index contributed by atoms with van der Waals surface area (Å²) in [5, 5.41) is 0. The molecule has 0 aliphatic carbocycles. The van der Waals surface area contributed by atoms with Gasteiger partial charge in [-0.3, -0.25) is 9.36 Å². The van der Waals surface area contributed by atoms with E-state index in [9.17, 15) is 9.59 Å². The second-order valence-corrected chi connectivity index (χ2v) is 8.60. The van der Waals surface area contributed by atoms with Gasteiger partial charge in [-0.15, -0.1) is 0 Å². The molecule has 0 saturated heterocycles. The SMILES string of the molecule is CCOC(=O)C(CC(C)(C)C)n1c(-c2ccc(C)cc2)c(C)c(CC)cc1=O. The molecule has 0 bridgehead atoms. The first-order chi connectivity index (χ1) is 13.1. The highest BCUT2D eigenvalue weighted by atomic mass is 16.5. The lowest BCUT2D eigenvalue weighted by Gasteiger charge is -2.29. The molecule has 152 valence electrons. The first kappa shape index (κ1) is 21.9. The Hall–Kier alpha value is -2.36. The van der Waals surface area contributed by atoms with Crippen LogP contribution in [-0.2, 0) is 16.0 Å². The third-order valence-corrected chi connectivity index (χ3v) is 4.99. The van der Waals surface area contributed by atoms with Crippen molar-refractivity contribution < 1.29 is 9.53 Å². The lowest BCUT2D eigenvalue weighted by Crippen LogP contribution is -2.35. The molecular formula is C24H33NO3. The van der Waals surface area contributed by atoms with Crippen LogP contribution in [0.4, 0.5) is 0 Å². The van der Waals surface area contributed by atoms with E-state index in [1.165, 1.54) is 0 Å². The van der Waals surface area contributed by atoms with E-state index in [1.807, 2.05) is 45.0 Å². The summed E-state index contributed by atoms with van der Waals surface area (Å²) in [4.78, 5) is 26.1. The molecule has 1 unspecified atom stereocenters. The Morgan fingerprint density at radius 3 is 2.21 bits per heavy atom. The molecule has 2 aromatic rings. The summed E-state index contributed by atoms with van der Waals surface area (Å²) in [7, 11) is 0. The van der Waals surface area contributed by atoms with Gasteiger partial charge in [-0.05, 0) is 55.7 Å². The predicted molar refractivity (Wildman–Crippen MR) is 115 cm³/mol. The van der Waals surface area contributed by atoms with E-state index in [2.05, 4.69) is 20.8 Å². The molecule has 0 aliphatic heterocycles. The molecule has 4 heteroatoms. The largest absolute Gasteiger partial charge is 0.464 e. The van der Waals surface area contributed by atoms with Crippen molar-refractivity contribution >= 4 is 5.97 Å². The Bertz CT molecular complexity index is 886. The maximum absolute atomic E-state index is 13.2. The maximum atomic E-state index is 13.2. The number of ether oxygens (including phenoxy) is 1. The number of hydrogen-bond donors (Lipinski definition) is 0. The summed E-state index contributed by atoms with van der Waals surface area (Å²) in [6.07, 6.45) is 1.29. The Morgan fingerprint density at radius 2 is 1.71 bits per heavy atom. The summed E-state index contributed by atoms with van der Waals surface area (Å²) < 4.78 is 7.02. The Balaban J connectivity index is 2.82. The van der Waals surface area contributed by atoms with Crippen molar-refractivity contribution in [2.24, 2.45) is 5.41 Å². The molecule has 0 spiro atoms. The van der Waals surface area contributed by atoms with Crippen molar-refractivity contribution in [1.82, 2.24) is 4.57 Å².